The van der Waals surface area contributed by atoms with Crippen LogP contribution in [0.1, 0.15) is 19.3 Å². The number of rotatable bonds is 6. The molecule has 1 aliphatic rings. The smallest absolute Gasteiger partial charge is 0.343 e. The highest BCUT2D eigenvalue weighted by atomic mass is 127. The van der Waals surface area contributed by atoms with Crippen molar-refractivity contribution in [2.75, 3.05) is 7.11 Å². The van der Waals surface area contributed by atoms with Gasteiger partial charge in [-0.15, -0.1) is 22.4 Å². The van der Waals surface area contributed by atoms with Crippen LogP contribution in [0.5, 0.6) is 5.75 Å². The number of methoxy groups -OCH3 is 1. The van der Waals surface area contributed by atoms with Gasteiger partial charge in [0.1, 0.15) is 11.4 Å². The minimum atomic E-state index is -0.397. The maximum atomic E-state index is 12.9. The van der Waals surface area contributed by atoms with E-state index < -0.39 is 5.97 Å². The predicted octanol–water partition coefficient (Wildman–Crippen LogP) is 4.48. The first kappa shape index (κ1) is 20.4. The highest BCUT2D eigenvalue weighted by molar-refractivity contribution is 14.1. The van der Waals surface area contributed by atoms with Gasteiger partial charge >= 0.3 is 10.5 Å². The molecule has 2 aromatic carbocycles. The van der Waals surface area contributed by atoms with E-state index in [1.807, 2.05) is 48.5 Å². The van der Waals surface area contributed by atoms with Crippen LogP contribution in [-0.2, 0) is 12.7 Å². The molecule has 1 aliphatic carbocycles. The third-order valence-electron chi connectivity index (χ3n) is 4.68. The standard InChI is InChI=1S/C20H17BI2O4/c1-26-18-8-3-2-5-15(18)13-9-11-14(12-10-13)21(22)19(24)16-6-4-7-17(16)20(25)27-23/h2-3,5,8-12H,4,6-7H2,1H3. The Labute approximate surface area is 186 Å². The van der Waals surface area contributed by atoms with E-state index in [1.165, 1.54) is 0 Å². The minimum Gasteiger partial charge on any atom is -0.496 e. The SMILES string of the molecule is COc1ccccc1-c1ccc(B(I)C(=O)C2=C(C(=O)OI)CCC2)cc1. The van der Waals surface area contributed by atoms with Crippen LogP contribution in [0, 0.1) is 0 Å². The van der Waals surface area contributed by atoms with Gasteiger partial charge < -0.3 is 12.6 Å². The van der Waals surface area contributed by atoms with Crippen LogP contribution in [0.4, 0.5) is 0 Å². The Balaban J connectivity index is 1.85. The zero-order valence-corrected chi connectivity index (χ0v) is 19.0. The number of ether oxygens (including phenoxy) is 1. The molecule has 7 heteroatoms. The number of hydrogen-bond acceptors (Lipinski definition) is 4. The van der Waals surface area contributed by atoms with Crippen LogP contribution >= 0.6 is 45.4 Å². The molecule has 0 fully saturated rings. The minimum absolute atomic E-state index is 0.00468. The summed E-state index contributed by atoms with van der Waals surface area (Å²) in [7, 11) is 1.65. The molecule has 0 unspecified atom stereocenters. The molecule has 27 heavy (non-hydrogen) atoms. The van der Waals surface area contributed by atoms with Gasteiger partial charge in [-0.1, -0.05) is 47.9 Å². The molecule has 0 saturated heterocycles. The summed E-state index contributed by atoms with van der Waals surface area (Å²) in [5, 5.41) is 0. The molecule has 0 aliphatic heterocycles. The summed E-state index contributed by atoms with van der Waals surface area (Å²) in [6.07, 6.45) is 2.07. The summed E-state index contributed by atoms with van der Waals surface area (Å²) >= 11 is 3.72. The van der Waals surface area contributed by atoms with Gasteiger partial charge in [0.05, 0.1) is 7.11 Å². The average molecular weight is 586 g/mol. The van der Waals surface area contributed by atoms with Crippen molar-refractivity contribution in [3.63, 3.8) is 0 Å². The Morgan fingerprint density at radius 3 is 2.33 bits per heavy atom. The van der Waals surface area contributed by atoms with E-state index >= 15 is 0 Å². The van der Waals surface area contributed by atoms with Gasteiger partial charge in [0.25, 0.3) is 0 Å². The fourth-order valence-electron chi connectivity index (χ4n) is 3.31. The summed E-state index contributed by atoms with van der Waals surface area (Å²) in [6.45, 7) is 0. The predicted molar refractivity (Wildman–Crippen MR) is 124 cm³/mol. The number of halogens is 2. The molecule has 0 saturated carbocycles. The van der Waals surface area contributed by atoms with Crippen LogP contribution in [0.2, 0.25) is 0 Å². The second-order valence-electron chi connectivity index (χ2n) is 6.22. The number of hydrogen-bond donors (Lipinski definition) is 0. The zero-order chi connectivity index (χ0) is 19.4. The molecule has 0 bridgehead atoms. The number of benzene rings is 2. The lowest BCUT2D eigenvalue weighted by molar-refractivity contribution is -0.127. The lowest BCUT2D eigenvalue weighted by Gasteiger charge is -2.11. The Morgan fingerprint density at radius 1 is 1.00 bits per heavy atom. The summed E-state index contributed by atoms with van der Waals surface area (Å²) in [5.41, 5.74) is 4.09. The van der Waals surface area contributed by atoms with Gasteiger partial charge in [-0.25, -0.2) is 4.79 Å². The molecule has 0 radical (unpaired) electrons. The largest absolute Gasteiger partial charge is 0.496 e. The highest BCUT2D eigenvalue weighted by Crippen LogP contribution is 2.31. The van der Waals surface area contributed by atoms with Gasteiger partial charge in [0, 0.05) is 11.1 Å². The molecule has 0 N–H and O–H groups in total. The molecule has 0 aromatic heterocycles. The van der Waals surface area contributed by atoms with Gasteiger partial charge in [-0.2, -0.15) is 0 Å². The highest BCUT2D eigenvalue weighted by Gasteiger charge is 2.32. The molecule has 3 rings (SSSR count). The second-order valence-corrected chi connectivity index (χ2v) is 7.91. The Kier molecular flexibility index (Phi) is 6.96. The van der Waals surface area contributed by atoms with E-state index in [0.29, 0.717) is 24.0 Å². The fraction of sp³-hybridized carbons (Fsp3) is 0.200. The first-order valence-corrected chi connectivity index (χ1v) is 10.7. The van der Waals surface area contributed by atoms with Gasteiger partial charge in [0.2, 0.25) is 0 Å². The van der Waals surface area contributed by atoms with Crippen molar-refractivity contribution < 1.29 is 17.4 Å². The molecule has 0 spiro atoms. The Morgan fingerprint density at radius 2 is 1.67 bits per heavy atom. The van der Waals surface area contributed by atoms with Gasteiger partial charge in [0.15, 0.2) is 23.0 Å². The van der Waals surface area contributed by atoms with Gasteiger partial charge in [-0.05, 0) is 36.5 Å². The third-order valence-corrected chi connectivity index (χ3v) is 6.37. The van der Waals surface area contributed by atoms with E-state index in [4.69, 9.17) is 7.80 Å². The molecule has 138 valence electrons. The lowest BCUT2D eigenvalue weighted by atomic mass is 9.63. The van der Waals surface area contributed by atoms with E-state index in [-0.39, 0.29) is 10.3 Å². The fourth-order valence-corrected chi connectivity index (χ4v) is 4.36. The second kappa shape index (κ2) is 9.23. The zero-order valence-electron chi connectivity index (χ0n) is 14.7. The lowest BCUT2D eigenvalue weighted by Crippen LogP contribution is -2.34. The number of carbonyl (C=O) groups is 2. The van der Waals surface area contributed by atoms with Gasteiger partial charge in [-0.3, -0.25) is 0 Å². The average Bonchev–Trinajstić information content (AvgIpc) is 3.22. The molecule has 2 aromatic rings. The molecular formula is C20H17BI2O4. The van der Waals surface area contributed by atoms with Crippen molar-refractivity contribution in [1.29, 1.82) is 0 Å². The summed E-state index contributed by atoms with van der Waals surface area (Å²) in [5.74, 6) is 0.414. The topological polar surface area (TPSA) is 52.6 Å². The number of para-hydroxylation sites is 1. The van der Waals surface area contributed by atoms with Crippen molar-refractivity contribution in [3.05, 3.63) is 59.7 Å². The van der Waals surface area contributed by atoms with Crippen molar-refractivity contribution >= 4 is 67.1 Å². The van der Waals surface area contributed by atoms with Crippen LogP contribution < -0.4 is 10.2 Å². The number of carbonyl (C=O) groups excluding carboxylic acids is 2. The van der Waals surface area contributed by atoms with Crippen LogP contribution in [0.15, 0.2) is 59.7 Å². The van der Waals surface area contributed by atoms with E-state index in [0.717, 1.165) is 28.8 Å². The Hall–Kier alpha value is -1.36. The van der Waals surface area contributed by atoms with Crippen LogP contribution in [0.25, 0.3) is 11.1 Å². The molecule has 0 atom stereocenters. The normalized spacial score (nSPS) is 13.4. The Bertz CT molecular complexity index is 893. The van der Waals surface area contributed by atoms with Crippen molar-refractivity contribution in [2.24, 2.45) is 0 Å². The molecule has 4 nitrogen and oxygen atoms in total. The quantitative estimate of drug-likeness (QED) is 0.371. The third kappa shape index (κ3) is 4.39. The van der Waals surface area contributed by atoms with Crippen molar-refractivity contribution in [2.45, 2.75) is 19.3 Å². The van der Waals surface area contributed by atoms with Crippen LogP contribution in [0.3, 0.4) is 0 Å². The maximum Gasteiger partial charge on any atom is 0.343 e. The number of allylic oxidation sites excluding steroid dienone is 1. The summed E-state index contributed by atoms with van der Waals surface area (Å²) < 4.78 is 9.88. The van der Waals surface area contributed by atoms with E-state index in [1.54, 1.807) is 30.1 Å². The molecule has 0 heterocycles. The summed E-state index contributed by atoms with van der Waals surface area (Å²) in [4.78, 5) is 24.8. The van der Waals surface area contributed by atoms with Crippen molar-refractivity contribution in [1.82, 2.24) is 0 Å². The van der Waals surface area contributed by atoms with E-state index in [2.05, 4.69) is 22.4 Å². The van der Waals surface area contributed by atoms with Crippen molar-refractivity contribution in [3.8, 4) is 16.9 Å². The summed E-state index contributed by atoms with van der Waals surface area (Å²) in [6, 6.07) is 15.7. The molecular weight excluding hydrogens is 569 g/mol. The first-order valence-electron chi connectivity index (χ1n) is 8.53. The molecule has 0 amide bonds. The first-order chi connectivity index (χ1) is 13.1. The monoisotopic (exact) mass is 586 g/mol. The van der Waals surface area contributed by atoms with E-state index in [9.17, 15) is 9.59 Å². The van der Waals surface area contributed by atoms with Crippen LogP contribution in [-0.4, -0.2) is 23.3 Å². The maximum absolute atomic E-state index is 12.9.